The Balaban J connectivity index is 1.18. The molecule has 0 amide bonds. The standard InChI is InChI=1S/C89H108BN3/c1-53-44-57(82(9,10)11)30-37-72(53)92-74-52-69-67(86(18,19)41-43-88(69,22)23)50-71(74)90-70-36-35-61-62-48-65-66(85(16,17)40-39-84(65,14)15)49-63(62)89(24,25)77(61)79(70)93(73-51-68-64(45-54(73)2)83(12,13)38-42-87(68,20)21)76-47-60(46-75(92)78(76)90)91(58-31-26-55(27-32-58)80(3,4)5)59-33-28-56(29-34-59)81(6,7)8/h26-37,44-52H,38-43H2,1-25H3. The molecule has 93 heavy (non-hydrogen) atoms. The van der Waals surface area contributed by atoms with Crippen LogP contribution in [-0.4, -0.2) is 6.71 Å². The normalized spacial score (nSPS) is 19.5. The molecule has 4 aliphatic carbocycles. The predicted molar refractivity (Wildman–Crippen MR) is 404 cm³/mol. The molecule has 2 aliphatic heterocycles. The highest BCUT2D eigenvalue weighted by Crippen LogP contribution is 2.61. The van der Waals surface area contributed by atoms with Crippen molar-refractivity contribution in [2.24, 2.45) is 0 Å². The molecule has 0 atom stereocenters. The minimum absolute atomic E-state index is 0.0101. The molecule has 3 nitrogen and oxygen atoms in total. The Kier molecular flexibility index (Phi) is 13.8. The molecule has 4 heteroatoms. The first-order valence-electron chi connectivity index (χ1n) is 35.7. The van der Waals surface area contributed by atoms with E-state index in [4.69, 9.17) is 0 Å². The Hall–Kier alpha value is -6.78. The van der Waals surface area contributed by atoms with Crippen LogP contribution in [0.15, 0.2) is 127 Å². The monoisotopic (exact) mass is 1230 g/mol. The van der Waals surface area contributed by atoms with Crippen molar-refractivity contribution in [2.45, 2.75) is 266 Å². The van der Waals surface area contributed by atoms with Gasteiger partial charge in [-0.3, -0.25) is 0 Å². The summed E-state index contributed by atoms with van der Waals surface area (Å²) in [5.74, 6) is 0. The second-order valence-electron chi connectivity index (χ2n) is 37.6. The minimum atomic E-state index is -0.352. The predicted octanol–water partition coefficient (Wildman–Crippen LogP) is 23.1. The van der Waals surface area contributed by atoms with E-state index in [1.54, 1.807) is 0 Å². The van der Waals surface area contributed by atoms with Gasteiger partial charge in [0.25, 0.3) is 6.71 Å². The second kappa shape index (κ2) is 20.1. The Bertz CT molecular complexity index is 4380. The fraction of sp³-hybridized carbons (Fsp3) is 0.461. The van der Waals surface area contributed by atoms with Crippen LogP contribution in [0.3, 0.4) is 0 Å². The molecule has 6 aliphatic rings. The van der Waals surface area contributed by atoms with Crippen LogP contribution in [0.4, 0.5) is 51.2 Å². The fourth-order valence-electron chi connectivity index (χ4n) is 18.1. The van der Waals surface area contributed by atoms with Gasteiger partial charge in [-0.15, -0.1) is 0 Å². The molecule has 0 unspecified atom stereocenters. The first-order chi connectivity index (χ1) is 43.0. The summed E-state index contributed by atoms with van der Waals surface area (Å²) in [5.41, 5.74) is 36.4. The summed E-state index contributed by atoms with van der Waals surface area (Å²) in [5, 5.41) is 0. The maximum absolute atomic E-state index is 2.87. The van der Waals surface area contributed by atoms with Crippen LogP contribution < -0.4 is 31.1 Å². The Morgan fingerprint density at radius 1 is 0.333 bits per heavy atom. The third-order valence-electron chi connectivity index (χ3n) is 24.7. The molecular weight excluding hydrogens is 1120 g/mol. The third kappa shape index (κ3) is 9.74. The molecule has 8 aromatic carbocycles. The van der Waals surface area contributed by atoms with Gasteiger partial charge in [-0.1, -0.05) is 226 Å². The van der Waals surface area contributed by atoms with Crippen LogP contribution in [0.25, 0.3) is 11.1 Å². The van der Waals surface area contributed by atoms with Gasteiger partial charge >= 0.3 is 0 Å². The van der Waals surface area contributed by atoms with Gasteiger partial charge in [0, 0.05) is 50.9 Å². The number of benzene rings is 8. The zero-order valence-corrected chi connectivity index (χ0v) is 61.8. The highest BCUT2D eigenvalue weighted by atomic mass is 15.2. The lowest BCUT2D eigenvalue weighted by Gasteiger charge is -2.49. The van der Waals surface area contributed by atoms with Crippen molar-refractivity contribution >= 4 is 74.3 Å². The zero-order valence-electron chi connectivity index (χ0n) is 61.8. The summed E-state index contributed by atoms with van der Waals surface area (Å²) in [4.78, 5) is 8.22. The first kappa shape index (κ1) is 63.6. The third-order valence-corrected chi connectivity index (χ3v) is 24.7. The largest absolute Gasteiger partial charge is 0.311 e. The molecule has 0 saturated carbocycles. The second-order valence-corrected chi connectivity index (χ2v) is 37.6. The fourth-order valence-corrected chi connectivity index (χ4v) is 18.1. The van der Waals surface area contributed by atoms with Gasteiger partial charge in [0.2, 0.25) is 0 Å². The number of hydrogen-bond acceptors (Lipinski definition) is 3. The summed E-state index contributed by atoms with van der Waals surface area (Å²) in [6.45, 7) is 61.1. The maximum Gasteiger partial charge on any atom is 0.252 e. The van der Waals surface area contributed by atoms with E-state index in [9.17, 15) is 0 Å². The highest BCUT2D eigenvalue weighted by molar-refractivity contribution is 7.00. The number of anilines is 9. The highest BCUT2D eigenvalue weighted by Gasteiger charge is 2.52. The van der Waals surface area contributed by atoms with Gasteiger partial charge in [0.1, 0.15) is 0 Å². The Morgan fingerprint density at radius 3 is 1.22 bits per heavy atom. The van der Waals surface area contributed by atoms with Crippen LogP contribution in [0, 0.1) is 13.8 Å². The van der Waals surface area contributed by atoms with E-state index in [-0.39, 0.29) is 60.9 Å². The van der Waals surface area contributed by atoms with Crippen molar-refractivity contribution in [1.29, 1.82) is 0 Å². The average molecular weight is 1230 g/mol. The Labute approximate surface area is 562 Å². The number of aryl methyl sites for hydroxylation is 2. The summed E-state index contributed by atoms with van der Waals surface area (Å²) in [6.07, 6.45) is 6.96. The molecular formula is C89H108BN3. The number of rotatable bonds is 5. The molecule has 482 valence electrons. The average Bonchev–Trinajstić information content (AvgIpc) is 1.67. The number of fused-ring (bicyclic) bond motifs is 11. The molecule has 0 saturated heterocycles. The van der Waals surface area contributed by atoms with Crippen molar-refractivity contribution in [2.75, 3.05) is 14.7 Å². The van der Waals surface area contributed by atoms with E-state index in [0.717, 1.165) is 36.3 Å². The van der Waals surface area contributed by atoms with Gasteiger partial charge in [0.05, 0.1) is 5.69 Å². The number of nitrogens with zero attached hydrogens (tertiary/aromatic N) is 3. The lowest BCUT2D eigenvalue weighted by Crippen LogP contribution is -2.62. The Morgan fingerprint density at radius 2 is 0.742 bits per heavy atom. The zero-order chi connectivity index (χ0) is 67.0. The summed E-state index contributed by atoms with van der Waals surface area (Å²) in [7, 11) is 0. The summed E-state index contributed by atoms with van der Waals surface area (Å²) < 4.78 is 0. The van der Waals surface area contributed by atoms with Crippen molar-refractivity contribution in [3.8, 4) is 11.1 Å². The molecule has 2 heterocycles. The van der Waals surface area contributed by atoms with Crippen molar-refractivity contribution in [1.82, 2.24) is 0 Å². The molecule has 0 aromatic heterocycles. The van der Waals surface area contributed by atoms with E-state index in [1.807, 2.05) is 0 Å². The summed E-state index contributed by atoms with van der Waals surface area (Å²) >= 11 is 0. The molecule has 0 radical (unpaired) electrons. The molecule has 0 fully saturated rings. The van der Waals surface area contributed by atoms with Crippen molar-refractivity contribution in [3.05, 3.63) is 200 Å². The molecule has 14 rings (SSSR count). The molecule has 8 aromatic rings. The van der Waals surface area contributed by atoms with Gasteiger partial charge < -0.3 is 14.7 Å². The van der Waals surface area contributed by atoms with Crippen LogP contribution in [-0.2, 0) is 54.1 Å². The van der Waals surface area contributed by atoms with E-state index < -0.39 is 0 Å². The molecule has 0 bridgehead atoms. The smallest absolute Gasteiger partial charge is 0.252 e. The van der Waals surface area contributed by atoms with Gasteiger partial charge in [0.15, 0.2) is 0 Å². The number of hydrogen-bond donors (Lipinski definition) is 0. The maximum atomic E-state index is 2.87. The van der Waals surface area contributed by atoms with Crippen molar-refractivity contribution < 1.29 is 0 Å². The summed E-state index contributed by atoms with van der Waals surface area (Å²) in [6, 6.07) is 53.2. The van der Waals surface area contributed by atoms with Gasteiger partial charge in [-0.05, 0) is 262 Å². The molecule has 0 spiro atoms. The minimum Gasteiger partial charge on any atom is -0.311 e. The van der Waals surface area contributed by atoms with Crippen LogP contribution in [0.5, 0.6) is 0 Å². The van der Waals surface area contributed by atoms with E-state index >= 15 is 0 Å². The van der Waals surface area contributed by atoms with Crippen molar-refractivity contribution in [3.63, 3.8) is 0 Å². The quantitative estimate of drug-likeness (QED) is 0.159. The molecule has 0 N–H and O–H groups in total. The lowest BCUT2D eigenvalue weighted by atomic mass is 9.32. The first-order valence-corrected chi connectivity index (χ1v) is 35.7. The topological polar surface area (TPSA) is 9.72 Å². The van der Waals surface area contributed by atoms with Gasteiger partial charge in [-0.2, -0.15) is 0 Å². The van der Waals surface area contributed by atoms with E-state index in [1.165, 1.54) is 153 Å². The van der Waals surface area contributed by atoms with E-state index in [0.29, 0.717) is 0 Å². The van der Waals surface area contributed by atoms with Gasteiger partial charge in [-0.25, -0.2) is 0 Å². The SMILES string of the molecule is Cc1cc(C(C)(C)C)ccc1N1c2cc3c(cc2B2c4ccc5c(c4N(c4cc6c(cc4C)C(C)(C)CCC6(C)C)c4cc(N(c6ccc(C(C)(C)C)cc6)c6ccc(C(C)(C)C)cc6)cc1c42)C(C)(C)c1cc2c(cc1-5)C(C)(C)CCC2(C)C)C(C)(C)CCC3(C)C. The lowest BCUT2D eigenvalue weighted by molar-refractivity contribution is 0.331. The van der Waals surface area contributed by atoms with E-state index in [2.05, 4.69) is 315 Å². The van der Waals surface area contributed by atoms with Crippen LogP contribution in [0.1, 0.15) is 270 Å². The van der Waals surface area contributed by atoms with Crippen LogP contribution in [0.2, 0.25) is 0 Å². The van der Waals surface area contributed by atoms with Crippen LogP contribution >= 0.6 is 0 Å².